The summed E-state index contributed by atoms with van der Waals surface area (Å²) < 4.78 is 3.03. The van der Waals surface area contributed by atoms with E-state index in [-0.39, 0.29) is 5.54 Å². The highest BCUT2D eigenvalue weighted by Crippen LogP contribution is 2.20. The van der Waals surface area contributed by atoms with Gasteiger partial charge >= 0.3 is 0 Å². The number of aromatic nitrogens is 3. The molecule has 0 radical (unpaired) electrons. The third kappa shape index (κ3) is 1.97. The lowest BCUT2D eigenvalue weighted by Crippen LogP contribution is -2.38. The number of hydrogen-bond donors (Lipinski definition) is 1. The van der Waals surface area contributed by atoms with Gasteiger partial charge in [0.1, 0.15) is 0 Å². The summed E-state index contributed by atoms with van der Waals surface area (Å²) in [7, 11) is 0. The third-order valence-electron chi connectivity index (χ3n) is 2.54. The first kappa shape index (κ1) is 11.5. The summed E-state index contributed by atoms with van der Waals surface area (Å²) in [5, 5.41) is 11.8. The lowest BCUT2D eigenvalue weighted by Gasteiger charge is -2.23. The van der Waals surface area contributed by atoms with Crippen molar-refractivity contribution in [3.8, 4) is 0 Å². The van der Waals surface area contributed by atoms with Gasteiger partial charge in [-0.15, -0.1) is 10.2 Å². The largest absolute Gasteiger partial charge is 0.305 e. The van der Waals surface area contributed by atoms with Crippen LogP contribution in [0.2, 0.25) is 0 Å². The van der Waals surface area contributed by atoms with E-state index in [0.29, 0.717) is 0 Å². The molecular formula is C11H15BrN4. The average Bonchev–Trinajstić information content (AvgIpc) is 2.60. The van der Waals surface area contributed by atoms with E-state index in [2.05, 4.69) is 52.2 Å². The minimum absolute atomic E-state index is 0.186. The average molecular weight is 283 g/mol. The third-order valence-corrected chi connectivity index (χ3v) is 3.01. The molecular weight excluding hydrogens is 268 g/mol. The van der Waals surface area contributed by atoms with Gasteiger partial charge in [-0.05, 0) is 48.5 Å². The second-order valence-electron chi connectivity index (χ2n) is 4.25. The quantitative estimate of drug-likeness (QED) is 0.940. The van der Waals surface area contributed by atoms with Crippen molar-refractivity contribution in [2.24, 2.45) is 0 Å². The van der Waals surface area contributed by atoms with Crippen LogP contribution in [0.4, 0.5) is 0 Å². The SMILES string of the molecule is CCNC(C)(C)c1nnc2ccc(Br)cn12. The van der Waals surface area contributed by atoms with E-state index >= 15 is 0 Å². The van der Waals surface area contributed by atoms with Crippen LogP contribution in [-0.4, -0.2) is 21.1 Å². The summed E-state index contributed by atoms with van der Waals surface area (Å²) in [6.07, 6.45) is 1.99. The Morgan fingerprint density at radius 1 is 1.38 bits per heavy atom. The smallest absolute Gasteiger partial charge is 0.160 e. The van der Waals surface area contributed by atoms with E-state index < -0.39 is 0 Å². The van der Waals surface area contributed by atoms with Crippen LogP contribution in [0.25, 0.3) is 5.65 Å². The molecule has 0 unspecified atom stereocenters. The van der Waals surface area contributed by atoms with Crippen molar-refractivity contribution < 1.29 is 0 Å². The summed E-state index contributed by atoms with van der Waals surface area (Å²) in [5.74, 6) is 0.922. The number of nitrogens with one attached hydrogen (secondary N) is 1. The molecule has 0 bridgehead atoms. The van der Waals surface area contributed by atoms with E-state index in [1.165, 1.54) is 0 Å². The Morgan fingerprint density at radius 3 is 2.81 bits per heavy atom. The highest BCUT2D eigenvalue weighted by atomic mass is 79.9. The van der Waals surface area contributed by atoms with Gasteiger partial charge in [0.05, 0.1) is 5.54 Å². The van der Waals surface area contributed by atoms with E-state index in [4.69, 9.17) is 0 Å². The molecule has 2 heterocycles. The minimum atomic E-state index is -0.186. The number of pyridine rings is 1. The summed E-state index contributed by atoms with van der Waals surface area (Å²) >= 11 is 3.46. The zero-order chi connectivity index (χ0) is 11.8. The Kier molecular flexibility index (Phi) is 2.99. The molecule has 0 atom stereocenters. The van der Waals surface area contributed by atoms with Crippen LogP contribution in [0.3, 0.4) is 0 Å². The van der Waals surface area contributed by atoms with Crippen LogP contribution in [0.1, 0.15) is 26.6 Å². The molecule has 0 aliphatic heterocycles. The predicted molar refractivity (Wildman–Crippen MR) is 67.4 cm³/mol. The molecule has 0 aromatic carbocycles. The van der Waals surface area contributed by atoms with Gasteiger partial charge in [-0.3, -0.25) is 4.40 Å². The normalized spacial score (nSPS) is 12.2. The maximum Gasteiger partial charge on any atom is 0.160 e. The zero-order valence-corrected chi connectivity index (χ0v) is 11.2. The molecule has 86 valence electrons. The van der Waals surface area contributed by atoms with Crippen molar-refractivity contribution >= 4 is 21.6 Å². The van der Waals surface area contributed by atoms with Crippen molar-refractivity contribution in [2.45, 2.75) is 26.3 Å². The molecule has 0 fully saturated rings. The van der Waals surface area contributed by atoms with Crippen LogP contribution in [0, 0.1) is 0 Å². The fraction of sp³-hybridized carbons (Fsp3) is 0.455. The maximum atomic E-state index is 4.26. The molecule has 2 aromatic rings. The van der Waals surface area contributed by atoms with Crippen molar-refractivity contribution in [1.29, 1.82) is 0 Å². The van der Waals surface area contributed by atoms with Crippen molar-refractivity contribution in [1.82, 2.24) is 19.9 Å². The van der Waals surface area contributed by atoms with Gasteiger partial charge in [0.25, 0.3) is 0 Å². The minimum Gasteiger partial charge on any atom is -0.305 e. The highest BCUT2D eigenvalue weighted by Gasteiger charge is 2.25. The molecule has 2 aromatic heterocycles. The molecule has 0 aliphatic carbocycles. The predicted octanol–water partition coefficient (Wildman–Crippen LogP) is 2.34. The van der Waals surface area contributed by atoms with Gasteiger partial charge in [0, 0.05) is 10.7 Å². The Bertz CT molecular complexity index is 504. The first-order chi connectivity index (χ1) is 7.54. The Labute approximate surface area is 103 Å². The number of halogens is 1. The van der Waals surface area contributed by atoms with E-state index in [0.717, 1.165) is 22.5 Å². The molecule has 0 saturated heterocycles. The molecule has 0 spiro atoms. The first-order valence-electron chi connectivity index (χ1n) is 5.30. The number of hydrogen-bond acceptors (Lipinski definition) is 3. The summed E-state index contributed by atoms with van der Waals surface area (Å²) in [6.45, 7) is 7.19. The van der Waals surface area contributed by atoms with Crippen LogP contribution < -0.4 is 5.32 Å². The second-order valence-corrected chi connectivity index (χ2v) is 5.17. The van der Waals surface area contributed by atoms with Crippen molar-refractivity contribution in [3.05, 3.63) is 28.6 Å². The standard InChI is InChI=1S/C11H15BrN4/c1-4-13-11(2,3)10-15-14-9-6-5-8(12)7-16(9)10/h5-7,13H,4H2,1-3H3. The molecule has 1 N–H and O–H groups in total. The fourth-order valence-corrected chi connectivity index (χ4v) is 2.15. The molecule has 4 nitrogen and oxygen atoms in total. The summed E-state index contributed by atoms with van der Waals surface area (Å²) in [6, 6.07) is 3.91. The molecule has 0 amide bonds. The van der Waals surface area contributed by atoms with Crippen LogP contribution in [0.5, 0.6) is 0 Å². The van der Waals surface area contributed by atoms with Crippen LogP contribution in [-0.2, 0) is 5.54 Å². The number of nitrogens with zero attached hydrogens (tertiary/aromatic N) is 3. The van der Waals surface area contributed by atoms with E-state index in [1.54, 1.807) is 0 Å². The number of rotatable bonds is 3. The van der Waals surface area contributed by atoms with Crippen molar-refractivity contribution in [2.75, 3.05) is 6.54 Å². The monoisotopic (exact) mass is 282 g/mol. The van der Waals surface area contributed by atoms with Gasteiger partial charge in [0.15, 0.2) is 11.5 Å². The lowest BCUT2D eigenvalue weighted by molar-refractivity contribution is 0.388. The van der Waals surface area contributed by atoms with Gasteiger partial charge in [-0.25, -0.2) is 0 Å². The zero-order valence-electron chi connectivity index (χ0n) is 9.66. The van der Waals surface area contributed by atoms with Crippen LogP contribution >= 0.6 is 15.9 Å². The highest BCUT2D eigenvalue weighted by molar-refractivity contribution is 9.10. The molecule has 2 rings (SSSR count). The molecule has 16 heavy (non-hydrogen) atoms. The van der Waals surface area contributed by atoms with E-state index in [1.807, 2.05) is 22.7 Å². The van der Waals surface area contributed by atoms with Crippen molar-refractivity contribution in [3.63, 3.8) is 0 Å². The van der Waals surface area contributed by atoms with E-state index in [9.17, 15) is 0 Å². The number of fused-ring (bicyclic) bond motifs is 1. The van der Waals surface area contributed by atoms with Gasteiger partial charge in [-0.2, -0.15) is 0 Å². The Balaban J connectivity index is 2.56. The van der Waals surface area contributed by atoms with Crippen LogP contribution in [0.15, 0.2) is 22.8 Å². The summed E-state index contributed by atoms with van der Waals surface area (Å²) in [4.78, 5) is 0. The lowest BCUT2D eigenvalue weighted by atomic mass is 10.1. The molecule has 5 heteroatoms. The fourth-order valence-electron chi connectivity index (χ4n) is 1.81. The van der Waals surface area contributed by atoms with Gasteiger partial charge in [0.2, 0.25) is 0 Å². The molecule has 0 aliphatic rings. The topological polar surface area (TPSA) is 42.2 Å². The first-order valence-corrected chi connectivity index (χ1v) is 6.09. The summed E-state index contributed by atoms with van der Waals surface area (Å²) in [5.41, 5.74) is 0.679. The maximum absolute atomic E-state index is 4.26. The Hall–Kier alpha value is -0.940. The molecule has 0 saturated carbocycles. The Morgan fingerprint density at radius 2 is 2.12 bits per heavy atom. The van der Waals surface area contributed by atoms with Gasteiger partial charge < -0.3 is 5.32 Å². The van der Waals surface area contributed by atoms with Gasteiger partial charge in [-0.1, -0.05) is 6.92 Å². The second kappa shape index (κ2) is 4.14.